The van der Waals surface area contributed by atoms with Gasteiger partial charge in [0.05, 0.1) is 5.69 Å². The third-order valence-corrected chi connectivity index (χ3v) is 2.28. The molecule has 0 bridgehead atoms. The molecule has 0 spiro atoms. The highest BCUT2D eigenvalue weighted by Gasteiger charge is 1.99. The summed E-state index contributed by atoms with van der Waals surface area (Å²) >= 11 is 0. The van der Waals surface area contributed by atoms with Crippen molar-refractivity contribution in [1.82, 2.24) is 0 Å². The molecule has 0 unspecified atom stereocenters. The third kappa shape index (κ3) is 2.81. The second-order valence-corrected chi connectivity index (χ2v) is 3.59. The molecule has 4 heteroatoms. The monoisotopic (exact) mass is 229 g/mol. The highest BCUT2D eigenvalue weighted by atomic mass is 19.1. The Morgan fingerprint density at radius 2 is 1.65 bits per heavy atom. The molecule has 0 saturated heterocycles. The van der Waals surface area contributed by atoms with Crippen LogP contribution in [0, 0.1) is 5.82 Å². The van der Waals surface area contributed by atoms with Crippen molar-refractivity contribution >= 4 is 11.6 Å². The summed E-state index contributed by atoms with van der Waals surface area (Å²) in [5.41, 5.74) is 13.1. The van der Waals surface area contributed by atoms with E-state index in [9.17, 15) is 4.39 Å². The van der Waals surface area contributed by atoms with Crippen molar-refractivity contribution in [3.63, 3.8) is 0 Å². The fourth-order valence-electron chi connectivity index (χ4n) is 1.55. The summed E-state index contributed by atoms with van der Waals surface area (Å²) in [7, 11) is 0. The summed E-state index contributed by atoms with van der Waals surface area (Å²) in [6.45, 7) is 0. The van der Waals surface area contributed by atoms with Gasteiger partial charge in [-0.1, -0.05) is 24.3 Å². The van der Waals surface area contributed by atoms with E-state index in [2.05, 4.69) is 4.99 Å². The van der Waals surface area contributed by atoms with E-state index in [1.807, 2.05) is 18.2 Å². The van der Waals surface area contributed by atoms with Gasteiger partial charge >= 0.3 is 0 Å². The van der Waals surface area contributed by atoms with E-state index in [1.165, 1.54) is 12.1 Å². The molecule has 17 heavy (non-hydrogen) atoms. The minimum atomic E-state index is -0.255. The van der Waals surface area contributed by atoms with E-state index in [-0.39, 0.29) is 11.8 Å². The minimum absolute atomic E-state index is 0.0151. The van der Waals surface area contributed by atoms with Crippen molar-refractivity contribution in [2.45, 2.75) is 0 Å². The number of hydrogen-bond acceptors (Lipinski definition) is 1. The predicted octanol–water partition coefficient (Wildman–Crippen LogP) is 2.40. The number of halogens is 1. The Kier molecular flexibility index (Phi) is 3.05. The van der Waals surface area contributed by atoms with Crippen LogP contribution >= 0.6 is 0 Å². The largest absolute Gasteiger partial charge is 0.370 e. The number of rotatable bonds is 2. The standard InChI is InChI=1S/C13H12FN3/c14-11-6-4-9(5-7-11)10-2-1-3-12(8-10)17-13(15)16/h1-8H,(H4,15,16,17). The summed E-state index contributed by atoms with van der Waals surface area (Å²) in [4.78, 5) is 3.96. The first kappa shape index (κ1) is 11.1. The predicted molar refractivity (Wildman–Crippen MR) is 67.3 cm³/mol. The number of nitrogens with zero attached hydrogens (tertiary/aromatic N) is 1. The quantitative estimate of drug-likeness (QED) is 0.613. The lowest BCUT2D eigenvalue weighted by Gasteiger charge is -2.03. The van der Waals surface area contributed by atoms with Crippen LogP contribution in [0.2, 0.25) is 0 Å². The molecule has 3 nitrogen and oxygen atoms in total. The molecule has 0 atom stereocenters. The summed E-state index contributed by atoms with van der Waals surface area (Å²) < 4.78 is 12.8. The van der Waals surface area contributed by atoms with E-state index in [1.54, 1.807) is 18.2 Å². The number of aliphatic imine (C=N–C) groups is 1. The maximum absolute atomic E-state index is 12.8. The maximum Gasteiger partial charge on any atom is 0.191 e. The second kappa shape index (κ2) is 4.65. The number of nitrogens with two attached hydrogens (primary N) is 2. The molecule has 0 heterocycles. The van der Waals surface area contributed by atoms with Gasteiger partial charge in [-0.3, -0.25) is 0 Å². The average molecular weight is 229 g/mol. The second-order valence-electron chi connectivity index (χ2n) is 3.59. The van der Waals surface area contributed by atoms with Crippen LogP contribution in [0.5, 0.6) is 0 Å². The fraction of sp³-hybridized carbons (Fsp3) is 0. The van der Waals surface area contributed by atoms with Gasteiger partial charge < -0.3 is 11.5 Å². The Hall–Kier alpha value is -2.36. The van der Waals surface area contributed by atoms with E-state index in [4.69, 9.17) is 11.5 Å². The Morgan fingerprint density at radius 3 is 2.29 bits per heavy atom. The van der Waals surface area contributed by atoms with Crippen LogP contribution in [-0.2, 0) is 0 Å². The van der Waals surface area contributed by atoms with Crippen molar-refractivity contribution in [1.29, 1.82) is 0 Å². The summed E-state index contributed by atoms with van der Waals surface area (Å²) in [5.74, 6) is -0.240. The highest BCUT2D eigenvalue weighted by molar-refractivity contribution is 5.80. The van der Waals surface area contributed by atoms with Crippen LogP contribution in [0.4, 0.5) is 10.1 Å². The van der Waals surface area contributed by atoms with Crippen molar-refractivity contribution in [3.8, 4) is 11.1 Å². The lowest BCUT2D eigenvalue weighted by atomic mass is 10.1. The zero-order valence-electron chi connectivity index (χ0n) is 9.10. The molecule has 4 N–H and O–H groups in total. The van der Waals surface area contributed by atoms with E-state index >= 15 is 0 Å². The van der Waals surface area contributed by atoms with Crippen LogP contribution in [0.25, 0.3) is 11.1 Å². The normalized spacial score (nSPS) is 9.94. The van der Waals surface area contributed by atoms with E-state index in [0.29, 0.717) is 5.69 Å². The van der Waals surface area contributed by atoms with Gasteiger partial charge in [0.15, 0.2) is 5.96 Å². The fourth-order valence-corrected chi connectivity index (χ4v) is 1.55. The lowest BCUT2D eigenvalue weighted by molar-refractivity contribution is 0.628. The van der Waals surface area contributed by atoms with Gasteiger partial charge in [-0.05, 0) is 35.4 Å². The molecule has 2 aromatic rings. The molecule has 0 saturated carbocycles. The van der Waals surface area contributed by atoms with Gasteiger partial charge in [-0.25, -0.2) is 9.38 Å². The number of benzene rings is 2. The van der Waals surface area contributed by atoms with Crippen LogP contribution < -0.4 is 11.5 Å². The van der Waals surface area contributed by atoms with Gasteiger partial charge in [0.2, 0.25) is 0 Å². The SMILES string of the molecule is NC(N)=Nc1cccc(-c2ccc(F)cc2)c1. The van der Waals surface area contributed by atoms with Gasteiger partial charge in [0.1, 0.15) is 5.82 Å². The van der Waals surface area contributed by atoms with Crippen molar-refractivity contribution in [2.75, 3.05) is 0 Å². The Balaban J connectivity index is 2.39. The first-order valence-corrected chi connectivity index (χ1v) is 5.11. The molecule has 0 radical (unpaired) electrons. The zero-order chi connectivity index (χ0) is 12.3. The van der Waals surface area contributed by atoms with Gasteiger partial charge in [0.25, 0.3) is 0 Å². The van der Waals surface area contributed by atoms with Gasteiger partial charge in [0, 0.05) is 0 Å². The van der Waals surface area contributed by atoms with Crippen LogP contribution in [0.3, 0.4) is 0 Å². The first-order chi connectivity index (χ1) is 8.15. The van der Waals surface area contributed by atoms with Crippen molar-refractivity contribution in [2.24, 2.45) is 16.5 Å². The highest BCUT2D eigenvalue weighted by Crippen LogP contribution is 2.24. The molecule has 0 amide bonds. The molecular formula is C13H12FN3. The Labute approximate surface area is 98.6 Å². The summed E-state index contributed by atoms with van der Waals surface area (Å²) in [5, 5.41) is 0. The molecule has 0 aliphatic carbocycles. The van der Waals surface area contributed by atoms with Crippen LogP contribution in [-0.4, -0.2) is 5.96 Å². The zero-order valence-corrected chi connectivity index (χ0v) is 9.10. The van der Waals surface area contributed by atoms with Crippen molar-refractivity contribution < 1.29 is 4.39 Å². The minimum Gasteiger partial charge on any atom is -0.370 e. The van der Waals surface area contributed by atoms with Crippen molar-refractivity contribution in [3.05, 3.63) is 54.3 Å². The van der Waals surface area contributed by atoms with E-state index < -0.39 is 0 Å². The third-order valence-electron chi connectivity index (χ3n) is 2.28. The summed E-state index contributed by atoms with van der Waals surface area (Å²) in [6.07, 6.45) is 0. The molecular weight excluding hydrogens is 217 g/mol. The van der Waals surface area contributed by atoms with Crippen LogP contribution in [0.15, 0.2) is 53.5 Å². The molecule has 0 aliphatic rings. The molecule has 2 aromatic carbocycles. The molecule has 0 aliphatic heterocycles. The number of hydrogen-bond donors (Lipinski definition) is 2. The summed E-state index contributed by atoms with van der Waals surface area (Å²) in [6, 6.07) is 13.7. The maximum atomic E-state index is 12.8. The molecule has 0 fully saturated rings. The Bertz CT molecular complexity index is 543. The van der Waals surface area contributed by atoms with Gasteiger partial charge in [-0.2, -0.15) is 0 Å². The smallest absolute Gasteiger partial charge is 0.191 e. The molecule has 0 aromatic heterocycles. The topological polar surface area (TPSA) is 64.4 Å². The van der Waals surface area contributed by atoms with Gasteiger partial charge in [-0.15, -0.1) is 0 Å². The first-order valence-electron chi connectivity index (χ1n) is 5.11. The number of guanidine groups is 1. The van der Waals surface area contributed by atoms with E-state index in [0.717, 1.165) is 11.1 Å². The Morgan fingerprint density at radius 1 is 0.941 bits per heavy atom. The molecule has 2 rings (SSSR count). The van der Waals surface area contributed by atoms with Crippen LogP contribution in [0.1, 0.15) is 0 Å². The lowest BCUT2D eigenvalue weighted by Crippen LogP contribution is -2.21. The molecule has 86 valence electrons. The average Bonchev–Trinajstić information content (AvgIpc) is 2.29.